The molecule has 0 radical (unpaired) electrons. The average molecular weight is 228 g/mol. The summed E-state index contributed by atoms with van der Waals surface area (Å²) in [5.74, 6) is 0. The summed E-state index contributed by atoms with van der Waals surface area (Å²) in [5, 5.41) is 12.8. The number of nitrogens with one attached hydrogen (secondary N) is 1. The molecule has 3 heteroatoms. The molecule has 1 heterocycles. The predicted octanol–water partition coefficient (Wildman–Crippen LogP) is 1.61. The van der Waals surface area contributed by atoms with Gasteiger partial charge in [-0.1, -0.05) is 26.7 Å². The Morgan fingerprint density at radius 2 is 2.06 bits per heavy atom. The van der Waals surface area contributed by atoms with E-state index >= 15 is 0 Å². The molecule has 96 valence electrons. The number of nitrogens with zero attached hydrogens (tertiary/aromatic N) is 1. The molecule has 0 saturated carbocycles. The van der Waals surface area contributed by atoms with Crippen molar-refractivity contribution in [1.82, 2.24) is 10.2 Å². The molecule has 1 aliphatic rings. The molecule has 0 aliphatic carbocycles. The molecule has 1 fully saturated rings. The Labute approximate surface area is 100 Å². The van der Waals surface area contributed by atoms with Crippen molar-refractivity contribution in [3.05, 3.63) is 0 Å². The minimum Gasteiger partial charge on any atom is -0.395 e. The highest BCUT2D eigenvalue weighted by atomic mass is 16.3. The second kappa shape index (κ2) is 7.25. The van der Waals surface area contributed by atoms with Crippen molar-refractivity contribution in [2.24, 2.45) is 0 Å². The van der Waals surface area contributed by atoms with Crippen molar-refractivity contribution in [3.63, 3.8) is 0 Å². The number of aliphatic hydroxyl groups excluding tert-OH is 1. The van der Waals surface area contributed by atoms with Crippen LogP contribution in [0.2, 0.25) is 0 Å². The first-order chi connectivity index (χ1) is 7.63. The number of hydrogen-bond donors (Lipinski definition) is 2. The Hall–Kier alpha value is -0.120. The molecule has 3 nitrogen and oxygen atoms in total. The molecule has 1 rings (SSSR count). The lowest BCUT2D eigenvalue weighted by Crippen LogP contribution is -2.48. The fraction of sp³-hybridized carbons (Fsp3) is 1.00. The number of likely N-dealkylation sites (tertiary alicyclic amines) is 1. The Morgan fingerprint density at radius 3 is 2.69 bits per heavy atom. The summed E-state index contributed by atoms with van der Waals surface area (Å²) >= 11 is 0. The zero-order chi connectivity index (χ0) is 12.0. The predicted molar refractivity (Wildman–Crippen MR) is 68.6 cm³/mol. The number of hydrogen-bond acceptors (Lipinski definition) is 3. The quantitative estimate of drug-likeness (QED) is 0.750. The van der Waals surface area contributed by atoms with E-state index < -0.39 is 0 Å². The summed E-state index contributed by atoms with van der Waals surface area (Å²) in [6.45, 7) is 8.99. The van der Waals surface area contributed by atoms with E-state index in [1.807, 2.05) is 0 Å². The van der Waals surface area contributed by atoms with Crippen LogP contribution in [0.4, 0.5) is 0 Å². The molecule has 0 aromatic rings. The molecule has 16 heavy (non-hydrogen) atoms. The van der Waals surface area contributed by atoms with E-state index in [0.29, 0.717) is 12.1 Å². The van der Waals surface area contributed by atoms with Gasteiger partial charge in [-0.3, -0.25) is 4.90 Å². The van der Waals surface area contributed by atoms with E-state index in [4.69, 9.17) is 0 Å². The van der Waals surface area contributed by atoms with E-state index in [1.165, 1.54) is 32.2 Å². The first-order valence-electron chi connectivity index (χ1n) is 6.74. The lowest BCUT2D eigenvalue weighted by molar-refractivity contribution is 0.149. The molecule has 1 saturated heterocycles. The molecule has 0 bridgehead atoms. The zero-order valence-corrected chi connectivity index (χ0v) is 11.1. The smallest absolute Gasteiger partial charge is 0.0597 e. The highest BCUT2D eigenvalue weighted by molar-refractivity contribution is 4.78. The molecule has 0 amide bonds. The van der Waals surface area contributed by atoms with E-state index in [0.717, 1.165) is 6.54 Å². The van der Waals surface area contributed by atoms with Crippen LogP contribution in [0.1, 0.15) is 46.5 Å². The maximum absolute atomic E-state index is 9.37. The van der Waals surface area contributed by atoms with Crippen molar-refractivity contribution in [2.75, 3.05) is 19.7 Å². The van der Waals surface area contributed by atoms with Crippen LogP contribution in [-0.4, -0.2) is 47.8 Å². The van der Waals surface area contributed by atoms with Crippen molar-refractivity contribution >= 4 is 0 Å². The second-order valence-electron chi connectivity index (χ2n) is 5.39. The molecule has 2 N–H and O–H groups in total. The second-order valence-corrected chi connectivity index (χ2v) is 5.39. The third kappa shape index (κ3) is 4.81. The van der Waals surface area contributed by atoms with E-state index in [-0.39, 0.29) is 12.6 Å². The van der Waals surface area contributed by atoms with Gasteiger partial charge in [-0.2, -0.15) is 0 Å². The topological polar surface area (TPSA) is 35.5 Å². The highest BCUT2D eigenvalue weighted by Gasteiger charge is 2.20. The number of aliphatic hydroxyl groups is 1. The third-order valence-corrected chi connectivity index (χ3v) is 3.43. The van der Waals surface area contributed by atoms with Crippen LogP contribution < -0.4 is 5.32 Å². The standard InChI is InChI=1S/C13H28N2O/c1-11(2)14-13(10-16)9-15-8-6-4-5-7-12(15)3/h11-14,16H,4-10H2,1-3H3. The average Bonchev–Trinajstić information content (AvgIpc) is 2.42. The minimum atomic E-state index is 0.223. The summed E-state index contributed by atoms with van der Waals surface area (Å²) < 4.78 is 0. The van der Waals surface area contributed by atoms with Crippen molar-refractivity contribution in [1.29, 1.82) is 0 Å². The van der Waals surface area contributed by atoms with Crippen LogP contribution in [0.25, 0.3) is 0 Å². The van der Waals surface area contributed by atoms with Crippen molar-refractivity contribution in [2.45, 2.75) is 64.6 Å². The Kier molecular flexibility index (Phi) is 6.32. The Balaban J connectivity index is 2.41. The highest BCUT2D eigenvalue weighted by Crippen LogP contribution is 2.16. The minimum absolute atomic E-state index is 0.223. The normalized spacial score (nSPS) is 25.7. The Bertz CT molecular complexity index is 185. The summed E-state index contributed by atoms with van der Waals surface area (Å²) in [4.78, 5) is 2.53. The first-order valence-corrected chi connectivity index (χ1v) is 6.74. The van der Waals surface area contributed by atoms with E-state index in [1.54, 1.807) is 0 Å². The van der Waals surface area contributed by atoms with Gasteiger partial charge in [0.15, 0.2) is 0 Å². The lowest BCUT2D eigenvalue weighted by atomic mass is 10.1. The van der Waals surface area contributed by atoms with Crippen LogP contribution >= 0.6 is 0 Å². The van der Waals surface area contributed by atoms with Crippen LogP contribution in [-0.2, 0) is 0 Å². The van der Waals surface area contributed by atoms with Crippen LogP contribution in [0.5, 0.6) is 0 Å². The molecular weight excluding hydrogens is 200 g/mol. The molecular formula is C13H28N2O. The van der Waals surface area contributed by atoms with Crippen LogP contribution in [0.3, 0.4) is 0 Å². The van der Waals surface area contributed by atoms with Gasteiger partial charge in [-0.05, 0) is 26.3 Å². The Morgan fingerprint density at radius 1 is 1.31 bits per heavy atom. The lowest BCUT2D eigenvalue weighted by Gasteiger charge is -2.31. The molecule has 0 spiro atoms. The molecule has 2 unspecified atom stereocenters. The SMILES string of the molecule is CC(C)NC(CO)CN1CCCCCC1C. The van der Waals surface area contributed by atoms with Crippen molar-refractivity contribution < 1.29 is 5.11 Å². The summed E-state index contributed by atoms with van der Waals surface area (Å²) in [6, 6.07) is 1.34. The van der Waals surface area contributed by atoms with Gasteiger partial charge in [-0.15, -0.1) is 0 Å². The van der Waals surface area contributed by atoms with Gasteiger partial charge in [0.25, 0.3) is 0 Å². The molecule has 0 aromatic heterocycles. The first kappa shape index (κ1) is 13.9. The van der Waals surface area contributed by atoms with Crippen LogP contribution in [0.15, 0.2) is 0 Å². The fourth-order valence-corrected chi connectivity index (χ4v) is 2.52. The van der Waals surface area contributed by atoms with Gasteiger partial charge in [-0.25, -0.2) is 0 Å². The monoisotopic (exact) mass is 228 g/mol. The van der Waals surface area contributed by atoms with Gasteiger partial charge >= 0.3 is 0 Å². The third-order valence-electron chi connectivity index (χ3n) is 3.43. The van der Waals surface area contributed by atoms with Gasteiger partial charge in [0.1, 0.15) is 0 Å². The maximum atomic E-state index is 9.37. The molecule has 2 atom stereocenters. The molecule has 1 aliphatic heterocycles. The summed E-state index contributed by atoms with van der Waals surface area (Å²) in [7, 11) is 0. The van der Waals surface area contributed by atoms with Gasteiger partial charge in [0.2, 0.25) is 0 Å². The fourth-order valence-electron chi connectivity index (χ4n) is 2.52. The maximum Gasteiger partial charge on any atom is 0.0597 e. The van der Waals surface area contributed by atoms with E-state index in [2.05, 4.69) is 31.0 Å². The number of rotatable bonds is 5. The van der Waals surface area contributed by atoms with Gasteiger partial charge in [0.05, 0.1) is 6.61 Å². The van der Waals surface area contributed by atoms with Gasteiger partial charge < -0.3 is 10.4 Å². The van der Waals surface area contributed by atoms with Gasteiger partial charge in [0, 0.05) is 24.7 Å². The summed E-state index contributed by atoms with van der Waals surface area (Å²) in [5.41, 5.74) is 0. The summed E-state index contributed by atoms with van der Waals surface area (Å²) in [6.07, 6.45) is 5.34. The van der Waals surface area contributed by atoms with Crippen LogP contribution in [0, 0.1) is 0 Å². The molecule has 0 aromatic carbocycles. The zero-order valence-electron chi connectivity index (χ0n) is 11.1. The van der Waals surface area contributed by atoms with E-state index in [9.17, 15) is 5.11 Å². The van der Waals surface area contributed by atoms with Crippen molar-refractivity contribution in [3.8, 4) is 0 Å². The largest absolute Gasteiger partial charge is 0.395 e.